The highest BCUT2D eigenvalue weighted by molar-refractivity contribution is 5.96. The van der Waals surface area contributed by atoms with E-state index in [0.29, 0.717) is 17.8 Å². The average molecular weight is 262 g/mol. The molecule has 0 fully saturated rings. The Bertz CT molecular complexity index is 467. The Labute approximate surface area is 114 Å². The first-order valence-corrected chi connectivity index (χ1v) is 6.50. The summed E-state index contributed by atoms with van der Waals surface area (Å²) in [6.07, 6.45) is 0.993. The summed E-state index contributed by atoms with van der Waals surface area (Å²) in [5.74, 6) is -0.0174. The molecule has 19 heavy (non-hydrogen) atoms. The van der Waals surface area contributed by atoms with Gasteiger partial charge < -0.3 is 10.6 Å². The van der Waals surface area contributed by atoms with Crippen molar-refractivity contribution in [2.24, 2.45) is 5.41 Å². The van der Waals surface area contributed by atoms with E-state index in [1.54, 1.807) is 24.3 Å². The molecule has 0 aliphatic carbocycles. The number of rotatable bonds is 5. The van der Waals surface area contributed by atoms with Crippen LogP contribution >= 0.6 is 0 Å². The number of urea groups is 1. The van der Waals surface area contributed by atoms with Gasteiger partial charge in [-0.15, -0.1) is 0 Å². The van der Waals surface area contributed by atoms with Crippen molar-refractivity contribution < 1.29 is 9.59 Å². The highest BCUT2D eigenvalue weighted by Crippen LogP contribution is 2.17. The zero-order valence-corrected chi connectivity index (χ0v) is 12.0. The number of nitrogens with one attached hydrogen (secondary N) is 2. The van der Waals surface area contributed by atoms with E-state index in [1.165, 1.54) is 6.92 Å². The maximum absolute atomic E-state index is 11.7. The molecule has 0 saturated carbocycles. The number of benzene rings is 1. The number of carbonyl (C=O) groups is 2. The van der Waals surface area contributed by atoms with Gasteiger partial charge in [0.1, 0.15) is 0 Å². The second-order valence-electron chi connectivity index (χ2n) is 5.46. The maximum Gasteiger partial charge on any atom is 0.319 e. The van der Waals surface area contributed by atoms with E-state index in [1.807, 2.05) is 0 Å². The third-order valence-corrected chi connectivity index (χ3v) is 3.21. The molecule has 4 heteroatoms. The molecule has 0 aliphatic heterocycles. The van der Waals surface area contributed by atoms with Crippen LogP contribution in [0.1, 0.15) is 44.5 Å². The van der Waals surface area contributed by atoms with E-state index in [4.69, 9.17) is 0 Å². The SMILES string of the molecule is CCC(C)(C)CNC(=O)Nc1cccc(C(C)=O)c1. The van der Waals surface area contributed by atoms with Crippen molar-refractivity contribution in [1.29, 1.82) is 0 Å². The van der Waals surface area contributed by atoms with E-state index >= 15 is 0 Å². The lowest BCUT2D eigenvalue weighted by Crippen LogP contribution is -2.36. The average Bonchev–Trinajstić information content (AvgIpc) is 2.37. The molecule has 1 rings (SSSR count). The standard InChI is InChI=1S/C15H22N2O2/c1-5-15(3,4)10-16-14(19)17-13-8-6-7-12(9-13)11(2)18/h6-9H,5,10H2,1-4H3,(H2,16,17,19). The normalized spacial score (nSPS) is 10.9. The summed E-state index contributed by atoms with van der Waals surface area (Å²) in [5.41, 5.74) is 1.30. The predicted octanol–water partition coefficient (Wildman–Crippen LogP) is 3.45. The van der Waals surface area contributed by atoms with Crippen LogP contribution < -0.4 is 10.6 Å². The van der Waals surface area contributed by atoms with Crippen LogP contribution in [-0.4, -0.2) is 18.4 Å². The lowest BCUT2D eigenvalue weighted by atomic mass is 9.90. The van der Waals surface area contributed by atoms with Crippen LogP contribution in [0.15, 0.2) is 24.3 Å². The van der Waals surface area contributed by atoms with Crippen LogP contribution in [0.4, 0.5) is 10.5 Å². The van der Waals surface area contributed by atoms with Gasteiger partial charge >= 0.3 is 6.03 Å². The topological polar surface area (TPSA) is 58.2 Å². The van der Waals surface area contributed by atoms with E-state index in [9.17, 15) is 9.59 Å². The van der Waals surface area contributed by atoms with Gasteiger partial charge in [0.05, 0.1) is 0 Å². The van der Waals surface area contributed by atoms with Crippen LogP contribution in [0.3, 0.4) is 0 Å². The zero-order chi connectivity index (χ0) is 14.5. The van der Waals surface area contributed by atoms with Crippen LogP contribution in [0, 0.1) is 5.41 Å². The fourth-order valence-corrected chi connectivity index (χ4v) is 1.44. The summed E-state index contributed by atoms with van der Waals surface area (Å²) in [4.78, 5) is 23.0. The molecule has 0 bridgehead atoms. The highest BCUT2D eigenvalue weighted by Gasteiger charge is 2.16. The van der Waals surface area contributed by atoms with E-state index in [0.717, 1.165) is 6.42 Å². The summed E-state index contributed by atoms with van der Waals surface area (Å²) in [7, 11) is 0. The molecule has 0 aliphatic rings. The summed E-state index contributed by atoms with van der Waals surface area (Å²) >= 11 is 0. The minimum absolute atomic E-state index is 0.0174. The molecule has 2 amide bonds. The van der Waals surface area contributed by atoms with Crippen LogP contribution in [-0.2, 0) is 0 Å². The molecule has 0 atom stereocenters. The second kappa shape index (κ2) is 6.36. The van der Waals surface area contributed by atoms with Crippen molar-refractivity contribution in [3.8, 4) is 0 Å². The van der Waals surface area contributed by atoms with Crippen molar-refractivity contribution >= 4 is 17.5 Å². The summed E-state index contributed by atoms with van der Waals surface area (Å²) in [6.45, 7) is 8.41. The smallest absolute Gasteiger partial charge is 0.319 e. The molecule has 1 aromatic carbocycles. The van der Waals surface area contributed by atoms with Crippen molar-refractivity contribution in [2.75, 3.05) is 11.9 Å². The summed E-state index contributed by atoms with van der Waals surface area (Å²) in [5, 5.41) is 5.57. The number of Topliss-reactive ketones (excluding diaryl/α,β-unsaturated/α-hetero) is 1. The van der Waals surface area contributed by atoms with Crippen molar-refractivity contribution in [3.05, 3.63) is 29.8 Å². The molecule has 4 nitrogen and oxygen atoms in total. The molecule has 0 unspecified atom stereocenters. The third kappa shape index (κ3) is 5.12. The first kappa shape index (κ1) is 15.2. The fourth-order valence-electron chi connectivity index (χ4n) is 1.44. The number of hydrogen-bond donors (Lipinski definition) is 2. The monoisotopic (exact) mass is 262 g/mol. The van der Waals surface area contributed by atoms with Gasteiger partial charge in [-0.2, -0.15) is 0 Å². The van der Waals surface area contributed by atoms with Crippen LogP contribution in [0.5, 0.6) is 0 Å². The molecule has 0 spiro atoms. The quantitative estimate of drug-likeness (QED) is 0.798. The Morgan fingerprint density at radius 3 is 2.53 bits per heavy atom. The van der Waals surface area contributed by atoms with Gasteiger partial charge in [-0.05, 0) is 30.9 Å². The molecule has 1 aromatic rings. The van der Waals surface area contributed by atoms with Gasteiger partial charge in [-0.25, -0.2) is 4.79 Å². The minimum Gasteiger partial charge on any atom is -0.337 e. The van der Waals surface area contributed by atoms with Gasteiger partial charge in [-0.3, -0.25) is 4.79 Å². The number of carbonyl (C=O) groups excluding carboxylic acids is 2. The van der Waals surface area contributed by atoms with Gasteiger partial charge in [-0.1, -0.05) is 32.9 Å². The Balaban J connectivity index is 2.58. The fraction of sp³-hybridized carbons (Fsp3) is 0.467. The van der Waals surface area contributed by atoms with Crippen LogP contribution in [0.2, 0.25) is 0 Å². The van der Waals surface area contributed by atoms with Gasteiger partial charge in [0.25, 0.3) is 0 Å². The molecular formula is C15H22N2O2. The molecule has 104 valence electrons. The van der Waals surface area contributed by atoms with Crippen LogP contribution in [0.25, 0.3) is 0 Å². The second-order valence-corrected chi connectivity index (χ2v) is 5.46. The van der Waals surface area contributed by atoms with E-state index in [-0.39, 0.29) is 17.2 Å². The summed E-state index contributed by atoms with van der Waals surface area (Å²) < 4.78 is 0. The Kier molecular flexibility index (Phi) is 5.10. The molecule has 0 heterocycles. The summed E-state index contributed by atoms with van der Waals surface area (Å²) in [6, 6.07) is 6.67. The van der Waals surface area contributed by atoms with Gasteiger partial charge in [0.2, 0.25) is 0 Å². The molecule has 2 N–H and O–H groups in total. The Hall–Kier alpha value is -1.84. The highest BCUT2D eigenvalue weighted by atomic mass is 16.2. The van der Waals surface area contributed by atoms with E-state index in [2.05, 4.69) is 31.4 Å². The van der Waals surface area contributed by atoms with Gasteiger partial charge in [0.15, 0.2) is 5.78 Å². The maximum atomic E-state index is 11.7. The van der Waals surface area contributed by atoms with E-state index < -0.39 is 0 Å². The van der Waals surface area contributed by atoms with Gasteiger partial charge in [0, 0.05) is 17.8 Å². The molecule has 0 saturated heterocycles. The first-order chi connectivity index (χ1) is 8.84. The van der Waals surface area contributed by atoms with Crippen molar-refractivity contribution in [1.82, 2.24) is 5.32 Å². The largest absolute Gasteiger partial charge is 0.337 e. The number of ketones is 1. The number of hydrogen-bond acceptors (Lipinski definition) is 2. The number of amides is 2. The Morgan fingerprint density at radius 2 is 1.95 bits per heavy atom. The van der Waals surface area contributed by atoms with Crippen molar-refractivity contribution in [3.63, 3.8) is 0 Å². The predicted molar refractivity (Wildman–Crippen MR) is 77.5 cm³/mol. The lowest BCUT2D eigenvalue weighted by molar-refractivity contribution is 0.101. The molecular weight excluding hydrogens is 240 g/mol. The first-order valence-electron chi connectivity index (χ1n) is 6.50. The zero-order valence-electron chi connectivity index (χ0n) is 12.0. The lowest BCUT2D eigenvalue weighted by Gasteiger charge is -2.22. The Morgan fingerprint density at radius 1 is 1.26 bits per heavy atom. The van der Waals surface area contributed by atoms with Crippen molar-refractivity contribution in [2.45, 2.75) is 34.1 Å². The molecule has 0 aromatic heterocycles. The minimum atomic E-state index is -0.248. The third-order valence-electron chi connectivity index (χ3n) is 3.21. The number of anilines is 1. The molecule has 0 radical (unpaired) electrons.